The summed E-state index contributed by atoms with van der Waals surface area (Å²) in [5.74, 6) is 0.429. The van der Waals surface area contributed by atoms with Gasteiger partial charge in [0.05, 0.1) is 42.9 Å². The van der Waals surface area contributed by atoms with E-state index < -0.39 is 5.67 Å². The number of halogens is 2. The average Bonchev–Trinajstić information content (AvgIpc) is 3.23. The number of hydrogen-bond acceptors (Lipinski definition) is 7. The fourth-order valence-electron chi connectivity index (χ4n) is 3.86. The van der Waals surface area contributed by atoms with E-state index in [1.165, 1.54) is 5.69 Å². The molecule has 5 rings (SSSR count). The van der Waals surface area contributed by atoms with Gasteiger partial charge in [-0.3, -0.25) is 4.68 Å². The highest BCUT2D eigenvalue weighted by Crippen LogP contribution is 2.29. The highest BCUT2D eigenvalue weighted by Gasteiger charge is 2.39. The number of ether oxygens (including phenoxy) is 1. The van der Waals surface area contributed by atoms with Crippen LogP contribution in [0.25, 0.3) is 11.3 Å². The second-order valence-electron chi connectivity index (χ2n) is 8.42. The predicted molar refractivity (Wildman–Crippen MR) is 122 cm³/mol. The topological polar surface area (TPSA) is 71.3 Å². The molecule has 2 aliphatic heterocycles. The fraction of sp³-hybridized carbons (Fsp3) is 0.409. The quantitative estimate of drug-likeness (QED) is 0.609. The molecule has 2 aromatic heterocycles. The molecule has 2 saturated heterocycles. The second kappa shape index (κ2) is 8.65. The molecule has 0 radical (unpaired) electrons. The number of anilines is 3. The Morgan fingerprint density at radius 2 is 1.88 bits per heavy atom. The molecule has 2 aliphatic rings. The van der Waals surface area contributed by atoms with Gasteiger partial charge in [0, 0.05) is 49.3 Å². The van der Waals surface area contributed by atoms with Gasteiger partial charge in [0.25, 0.3) is 0 Å². The van der Waals surface area contributed by atoms with Crippen molar-refractivity contribution in [2.24, 2.45) is 0 Å². The van der Waals surface area contributed by atoms with Crippen LogP contribution < -0.4 is 10.2 Å². The average molecular weight is 458 g/mol. The van der Waals surface area contributed by atoms with Crippen molar-refractivity contribution >= 4 is 28.9 Å². The molecule has 0 unspecified atom stereocenters. The summed E-state index contributed by atoms with van der Waals surface area (Å²) in [6.45, 7) is 4.52. The van der Waals surface area contributed by atoms with E-state index in [0.717, 1.165) is 31.9 Å². The SMILES string of the molecule is CN1CCN(c2ccc(Nc3ncc(Cl)c(-c4cnn(CC5(F)COC5)c4)n3)cc2)CC1. The van der Waals surface area contributed by atoms with Crippen LogP contribution in [0, 0.1) is 0 Å². The largest absolute Gasteiger partial charge is 0.374 e. The summed E-state index contributed by atoms with van der Waals surface area (Å²) in [7, 11) is 2.15. The third-order valence-corrected chi connectivity index (χ3v) is 6.09. The van der Waals surface area contributed by atoms with Gasteiger partial charge in [0.15, 0.2) is 5.67 Å². The smallest absolute Gasteiger partial charge is 0.227 e. The third-order valence-electron chi connectivity index (χ3n) is 5.81. The van der Waals surface area contributed by atoms with Crippen LogP contribution >= 0.6 is 11.6 Å². The molecule has 2 fully saturated rings. The Hall–Kier alpha value is -2.75. The molecular formula is C22H25ClFN7O. The first-order chi connectivity index (χ1) is 15.5. The van der Waals surface area contributed by atoms with Crippen molar-refractivity contribution in [1.29, 1.82) is 0 Å². The maximum atomic E-state index is 14.3. The van der Waals surface area contributed by atoms with Crippen LogP contribution in [-0.2, 0) is 11.3 Å². The molecular weight excluding hydrogens is 433 g/mol. The monoisotopic (exact) mass is 457 g/mol. The highest BCUT2D eigenvalue weighted by atomic mass is 35.5. The number of piperazine rings is 1. The van der Waals surface area contributed by atoms with Crippen molar-refractivity contribution in [2.45, 2.75) is 12.2 Å². The molecule has 0 spiro atoms. The Labute approximate surface area is 191 Å². The van der Waals surface area contributed by atoms with Crippen LogP contribution in [0.2, 0.25) is 5.02 Å². The first-order valence-electron chi connectivity index (χ1n) is 10.6. The van der Waals surface area contributed by atoms with E-state index in [2.05, 4.69) is 49.4 Å². The first-order valence-corrected chi connectivity index (χ1v) is 11.0. The molecule has 4 heterocycles. The molecule has 0 aliphatic carbocycles. The molecule has 10 heteroatoms. The van der Waals surface area contributed by atoms with Crippen LogP contribution in [0.5, 0.6) is 0 Å². The molecule has 1 N–H and O–H groups in total. The lowest BCUT2D eigenvalue weighted by molar-refractivity contribution is -0.138. The number of aromatic nitrogens is 4. The van der Waals surface area contributed by atoms with Gasteiger partial charge in [-0.2, -0.15) is 5.10 Å². The highest BCUT2D eigenvalue weighted by molar-refractivity contribution is 6.32. The number of benzene rings is 1. The summed E-state index contributed by atoms with van der Waals surface area (Å²) >= 11 is 6.34. The molecule has 0 bridgehead atoms. The van der Waals surface area contributed by atoms with Crippen LogP contribution in [0.3, 0.4) is 0 Å². The maximum Gasteiger partial charge on any atom is 0.227 e. The van der Waals surface area contributed by atoms with Crippen LogP contribution in [-0.4, -0.2) is 76.8 Å². The zero-order valence-electron chi connectivity index (χ0n) is 17.8. The number of hydrogen-bond donors (Lipinski definition) is 1. The zero-order chi connectivity index (χ0) is 22.1. The van der Waals surface area contributed by atoms with Crippen molar-refractivity contribution in [1.82, 2.24) is 24.6 Å². The van der Waals surface area contributed by atoms with Gasteiger partial charge in [-0.1, -0.05) is 11.6 Å². The van der Waals surface area contributed by atoms with Crippen molar-refractivity contribution in [3.63, 3.8) is 0 Å². The minimum Gasteiger partial charge on any atom is -0.374 e. The fourth-order valence-corrected chi connectivity index (χ4v) is 4.06. The van der Waals surface area contributed by atoms with E-state index in [1.54, 1.807) is 23.3 Å². The minimum absolute atomic E-state index is 0.0954. The Bertz CT molecular complexity index is 1080. The van der Waals surface area contributed by atoms with E-state index >= 15 is 0 Å². The minimum atomic E-state index is -1.36. The normalized spacial score (nSPS) is 18.4. The van der Waals surface area contributed by atoms with Crippen molar-refractivity contribution in [3.05, 3.63) is 47.9 Å². The third kappa shape index (κ3) is 4.55. The van der Waals surface area contributed by atoms with Gasteiger partial charge >= 0.3 is 0 Å². The predicted octanol–water partition coefficient (Wildman–Crippen LogP) is 3.23. The molecule has 8 nitrogen and oxygen atoms in total. The Morgan fingerprint density at radius 3 is 2.56 bits per heavy atom. The van der Waals surface area contributed by atoms with Gasteiger partial charge < -0.3 is 19.9 Å². The lowest BCUT2D eigenvalue weighted by Crippen LogP contribution is -2.48. The summed E-state index contributed by atoms with van der Waals surface area (Å²) < 4.78 is 20.8. The molecule has 168 valence electrons. The van der Waals surface area contributed by atoms with Gasteiger partial charge in [-0.25, -0.2) is 14.4 Å². The summed E-state index contributed by atoms with van der Waals surface area (Å²) in [6, 6.07) is 8.24. The molecule has 3 aromatic rings. The van der Waals surface area contributed by atoms with Gasteiger partial charge in [-0.15, -0.1) is 0 Å². The molecule has 0 amide bonds. The first kappa shape index (κ1) is 21.1. The van der Waals surface area contributed by atoms with Gasteiger partial charge in [-0.05, 0) is 31.3 Å². The van der Waals surface area contributed by atoms with E-state index in [1.807, 2.05) is 12.1 Å². The Balaban J connectivity index is 1.28. The van der Waals surface area contributed by atoms with Crippen molar-refractivity contribution in [3.8, 4) is 11.3 Å². The van der Waals surface area contributed by atoms with Gasteiger partial charge in [0.2, 0.25) is 5.95 Å². The summed E-state index contributed by atoms with van der Waals surface area (Å²) in [5, 5.41) is 7.88. The molecule has 1 aromatic carbocycles. The van der Waals surface area contributed by atoms with E-state index in [9.17, 15) is 4.39 Å². The van der Waals surface area contributed by atoms with Crippen LogP contribution in [0.1, 0.15) is 0 Å². The van der Waals surface area contributed by atoms with E-state index in [-0.39, 0.29) is 19.8 Å². The van der Waals surface area contributed by atoms with Crippen LogP contribution in [0.15, 0.2) is 42.9 Å². The lowest BCUT2D eigenvalue weighted by Gasteiger charge is -2.34. The summed E-state index contributed by atoms with van der Waals surface area (Å²) in [5.41, 5.74) is 1.98. The molecule has 32 heavy (non-hydrogen) atoms. The number of alkyl halides is 1. The van der Waals surface area contributed by atoms with Crippen molar-refractivity contribution in [2.75, 3.05) is 56.7 Å². The Morgan fingerprint density at radius 1 is 1.12 bits per heavy atom. The maximum absolute atomic E-state index is 14.3. The zero-order valence-corrected chi connectivity index (χ0v) is 18.6. The summed E-state index contributed by atoms with van der Waals surface area (Å²) in [4.78, 5) is 13.6. The van der Waals surface area contributed by atoms with Gasteiger partial charge in [0.1, 0.15) is 0 Å². The van der Waals surface area contributed by atoms with E-state index in [4.69, 9.17) is 16.3 Å². The van der Waals surface area contributed by atoms with Crippen LogP contribution in [0.4, 0.5) is 21.7 Å². The second-order valence-corrected chi connectivity index (χ2v) is 8.83. The molecule has 0 saturated carbocycles. The lowest BCUT2D eigenvalue weighted by atomic mass is 10.1. The van der Waals surface area contributed by atoms with E-state index in [0.29, 0.717) is 22.2 Å². The number of nitrogens with one attached hydrogen (secondary N) is 1. The standard InChI is InChI=1S/C22H25ClFN7O/c1-29-6-8-30(9-7-29)18-4-2-17(3-5-18)27-21-25-11-19(23)20(28-21)16-10-26-31(12-16)13-22(24)14-32-15-22/h2-5,10-12H,6-9,13-15H2,1H3,(H,25,27,28). The summed E-state index contributed by atoms with van der Waals surface area (Å²) in [6.07, 6.45) is 4.92. The number of nitrogens with zero attached hydrogens (tertiary/aromatic N) is 6. The number of rotatable bonds is 6. The number of likely N-dealkylation sites (N-methyl/N-ethyl adjacent to an activating group) is 1. The molecule has 0 atom stereocenters. The Kier molecular flexibility index (Phi) is 5.71. The van der Waals surface area contributed by atoms with Crippen molar-refractivity contribution < 1.29 is 9.13 Å².